The molecule has 9 heteroatoms. The summed E-state index contributed by atoms with van der Waals surface area (Å²) in [6.07, 6.45) is 4.99. The number of fused-ring (bicyclic) bond motifs is 1. The average molecular weight is 492 g/mol. The minimum Gasteiger partial charge on any atom is -0.381 e. The van der Waals surface area contributed by atoms with Crippen molar-refractivity contribution in [2.24, 2.45) is 10.9 Å². The molecule has 1 saturated heterocycles. The summed E-state index contributed by atoms with van der Waals surface area (Å²) in [4.78, 5) is 8.90. The maximum absolute atomic E-state index is 5.74. The van der Waals surface area contributed by atoms with E-state index in [4.69, 9.17) is 9.47 Å². The molecule has 1 fully saturated rings. The van der Waals surface area contributed by atoms with Gasteiger partial charge in [0.05, 0.1) is 19.8 Å². The molecule has 1 aromatic heterocycles. The molecule has 0 radical (unpaired) electrons. The van der Waals surface area contributed by atoms with Crippen LogP contribution in [0.4, 0.5) is 0 Å². The Balaban J connectivity index is 0.00000261. The van der Waals surface area contributed by atoms with Gasteiger partial charge < -0.3 is 20.1 Å². The molecule has 0 aromatic carbocycles. The first-order chi connectivity index (χ1) is 12.8. The number of aryl methyl sites for hydroxylation is 2. The Morgan fingerprint density at radius 2 is 2.30 bits per heavy atom. The summed E-state index contributed by atoms with van der Waals surface area (Å²) >= 11 is 0. The number of rotatable bonds is 8. The topological polar surface area (TPSA) is 85.6 Å². The highest BCUT2D eigenvalue weighted by atomic mass is 127. The normalized spacial score (nSPS) is 22.2. The highest BCUT2D eigenvalue weighted by Crippen LogP contribution is 2.13. The summed E-state index contributed by atoms with van der Waals surface area (Å²) in [7, 11) is 1.81. The van der Waals surface area contributed by atoms with E-state index in [2.05, 4.69) is 32.6 Å². The van der Waals surface area contributed by atoms with Crippen LogP contribution in [0.5, 0.6) is 0 Å². The molecule has 3 rings (SSSR count). The monoisotopic (exact) mass is 492 g/mol. The van der Waals surface area contributed by atoms with Crippen LogP contribution < -0.4 is 10.6 Å². The number of hydrogen-bond acceptors (Lipinski definition) is 5. The lowest BCUT2D eigenvalue weighted by atomic mass is 10.1. The van der Waals surface area contributed by atoms with Crippen LogP contribution in [0.1, 0.15) is 37.8 Å². The summed E-state index contributed by atoms with van der Waals surface area (Å²) in [6.45, 7) is 7.10. The van der Waals surface area contributed by atoms with Gasteiger partial charge in [-0.05, 0) is 19.3 Å². The van der Waals surface area contributed by atoms with Crippen LogP contribution in [0.25, 0.3) is 0 Å². The largest absolute Gasteiger partial charge is 0.381 e. The fourth-order valence-electron chi connectivity index (χ4n) is 3.36. The molecule has 0 saturated carbocycles. The molecule has 27 heavy (non-hydrogen) atoms. The quantitative estimate of drug-likeness (QED) is 0.247. The SMILES string of the molecule is CCc1nc2n(n1)CC(NC(=NC)NCCCOCC1CCOC1)CC2.I. The zero-order valence-corrected chi connectivity index (χ0v) is 18.8. The molecule has 0 spiro atoms. The first kappa shape index (κ1) is 22.4. The number of hydrogen-bond donors (Lipinski definition) is 2. The minimum atomic E-state index is 0. The van der Waals surface area contributed by atoms with Crippen molar-refractivity contribution in [3.8, 4) is 0 Å². The van der Waals surface area contributed by atoms with Gasteiger partial charge in [-0.25, -0.2) is 9.67 Å². The molecule has 2 atom stereocenters. The Morgan fingerprint density at radius 1 is 1.41 bits per heavy atom. The Hall–Kier alpha value is -0.940. The fraction of sp³-hybridized carbons (Fsp3) is 0.833. The van der Waals surface area contributed by atoms with Crippen LogP contribution in [0.15, 0.2) is 4.99 Å². The summed E-state index contributed by atoms with van der Waals surface area (Å²) in [5.74, 6) is 3.47. The zero-order chi connectivity index (χ0) is 18.2. The molecule has 1 aromatic rings. The maximum atomic E-state index is 5.74. The van der Waals surface area contributed by atoms with Gasteiger partial charge in [0, 0.05) is 51.6 Å². The molecule has 0 amide bonds. The second-order valence-electron chi connectivity index (χ2n) is 7.02. The molecule has 2 unspecified atom stereocenters. The van der Waals surface area contributed by atoms with E-state index in [1.54, 1.807) is 0 Å². The van der Waals surface area contributed by atoms with E-state index in [9.17, 15) is 0 Å². The number of nitrogens with one attached hydrogen (secondary N) is 2. The number of aliphatic imine (C=N–C) groups is 1. The van der Waals surface area contributed by atoms with Gasteiger partial charge in [-0.15, -0.1) is 24.0 Å². The third-order valence-corrected chi connectivity index (χ3v) is 4.92. The lowest BCUT2D eigenvalue weighted by Gasteiger charge is -2.25. The van der Waals surface area contributed by atoms with Crippen molar-refractivity contribution >= 4 is 29.9 Å². The van der Waals surface area contributed by atoms with E-state index >= 15 is 0 Å². The number of aromatic nitrogens is 3. The third kappa shape index (κ3) is 6.86. The molecular weight excluding hydrogens is 459 g/mol. The molecule has 3 heterocycles. The summed E-state index contributed by atoms with van der Waals surface area (Å²) in [5, 5.41) is 11.4. The van der Waals surface area contributed by atoms with Crippen molar-refractivity contribution in [2.45, 2.75) is 51.6 Å². The smallest absolute Gasteiger partial charge is 0.191 e. The van der Waals surface area contributed by atoms with Crippen LogP contribution in [-0.4, -0.2) is 66.8 Å². The van der Waals surface area contributed by atoms with Crippen molar-refractivity contribution < 1.29 is 9.47 Å². The van der Waals surface area contributed by atoms with Gasteiger partial charge in [-0.1, -0.05) is 6.92 Å². The third-order valence-electron chi connectivity index (χ3n) is 4.92. The van der Waals surface area contributed by atoms with Gasteiger partial charge in [0.1, 0.15) is 5.82 Å². The Labute approximate surface area is 178 Å². The molecule has 2 aliphatic heterocycles. The lowest BCUT2D eigenvalue weighted by Crippen LogP contribution is -2.47. The van der Waals surface area contributed by atoms with E-state index < -0.39 is 0 Å². The second-order valence-corrected chi connectivity index (χ2v) is 7.02. The van der Waals surface area contributed by atoms with Gasteiger partial charge in [0.25, 0.3) is 0 Å². The van der Waals surface area contributed by atoms with E-state index in [1.807, 2.05) is 11.7 Å². The highest BCUT2D eigenvalue weighted by Gasteiger charge is 2.22. The Kier molecular flexibility index (Phi) is 9.77. The van der Waals surface area contributed by atoms with Gasteiger partial charge in [0.2, 0.25) is 0 Å². The van der Waals surface area contributed by atoms with Crippen molar-refractivity contribution in [1.29, 1.82) is 0 Å². The zero-order valence-electron chi connectivity index (χ0n) is 16.4. The minimum absolute atomic E-state index is 0. The highest BCUT2D eigenvalue weighted by molar-refractivity contribution is 14.0. The fourth-order valence-corrected chi connectivity index (χ4v) is 3.36. The van der Waals surface area contributed by atoms with Crippen LogP contribution in [-0.2, 0) is 28.9 Å². The number of nitrogens with zero attached hydrogens (tertiary/aromatic N) is 4. The van der Waals surface area contributed by atoms with E-state index in [-0.39, 0.29) is 24.0 Å². The second kappa shape index (κ2) is 11.8. The van der Waals surface area contributed by atoms with Gasteiger partial charge in [-0.3, -0.25) is 4.99 Å². The van der Waals surface area contributed by atoms with Crippen molar-refractivity contribution in [3.05, 3.63) is 11.6 Å². The molecular formula is C18H33IN6O2. The summed E-state index contributed by atoms with van der Waals surface area (Å²) in [6, 6.07) is 0.332. The van der Waals surface area contributed by atoms with Crippen molar-refractivity contribution in [1.82, 2.24) is 25.4 Å². The van der Waals surface area contributed by atoms with Crippen LogP contribution >= 0.6 is 24.0 Å². The molecule has 154 valence electrons. The van der Waals surface area contributed by atoms with E-state index in [0.717, 1.165) is 89.2 Å². The summed E-state index contributed by atoms with van der Waals surface area (Å²) < 4.78 is 13.1. The standard InChI is InChI=1S/C18H32N6O2.HI/c1-3-16-22-17-6-5-15(11-24(17)23-16)21-18(19-2)20-8-4-9-25-12-14-7-10-26-13-14;/h14-15H,3-13H2,1-2H3,(H2,19,20,21);1H. The number of ether oxygens (including phenoxy) is 2. The predicted octanol–water partition coefficient (Wildman–Crippen LogP) is 1.38. The Bertz CT molecular complexity index is 588. The van der Waals surface area contributed by atoms with Gasteiger partial charge in [-0.2, -0.15) is 5.10 Å². The molecule has 8 nitrogen and oxygen atoms in total. The molecule has 0 bridgehead atoms. The predicted molar refractivity (Wildman–Crippen MR) is 116 cm³/mol. The van der Waals surface area contributed by atoms with Crippen molar-refractivity contribution in [3.63, 3.8) is 0 Å². The van der Waals surface area contributed by atoms with Gasteiger partial charge >= 0.3 is 0 Å². The van der Waals surface area contributed by atoms with Crippen molar-refractivity contribution in [2.75, 3.05) is 40.0 Å². The lowest BCUT2D eigenvalue weighted by molar-refractivity contribution is 0.0888. The maximum Gasteiger partial charge on any atom is 0.191 e. The summed E-state index contributed by atoms with van der Waals surface area (Å²) in [5.41, 5.74) is 0. The molecule has 2 N–H and O–H groups in total. The number of halogens is 1. The number of guanidine groups is 1. The van der Waals surface area contributed by atoms with Crippen LogP contribution in [0.3, 0.4) is 0 Å². The Morgan fingerprint density at radius 3 is 3.04 bits per heavy atom. The van der Waals surface area contributed by atoms with Crippen LogP contribution in [0.2, 0.25) is 0 Å². The van der Waals surface area contributed by atoms with E-state index in [1.165, 1.54) is 0 Å². The molecule has 0 aliphatic carbocycles. The first-order valence-electron chi connectivity index (χ1n) is 9.83. The molecule has 2 aliphatic rings. The van der Waals surface area contributed by atoms with Crippen LogP contribution in [0, 0.1) is 5.92 Å². The van der Waals surface area contributed by atoms with E-state index in [0.29, 0.717) is 12.0 Å². The van der Waals surface area contributed by atoms with Gasteiger partial charge in [0.15, 0.2) is 11.8 Å². The first-order valence-corrected chi connectivity index (χ1v) is 9.83. The average Bonchev–Trinajstić information content (AvgIpc) is 3.32.